The van der Waals surface area contributed by atoms with Gasteiger partial charge in [0.05, 0.1) is 11.4 Å². The minimum atomic E-state index is 0.404. The molecule has 0 spiro atoms. The fourth-order valence-corrected chi connectivity index (χ4v) is 5.84. The van der Waals surface area contributed by atoms with Crippen LogP contribution in [0.15, 0.2) is 52.3 Å². The minimum absolute atomic E-state index is 0.404. The van der Waals surface area contributed by atoms with Crippen LogP contribution in [-0.4, -0.2) is 42.1 Å². The summed E-state index contributed by atoms with van der Waals surface area (Å²) in [6.07, 6.45) is 5.03. The third kappa shape index (κ3) is 5.27. The molecule has 1 fully saturated rings. The van der Waals surface area contributed by atoms with Crippen LogP contribution in [0.1, 0.15) is 52.0 Å². The summed E-state index contributed by atoms with van der Waals surface area (Å²) in [6, 6.07) is 16.0. The van der Waals surface area contributed by atoms with Crippen LogP contribution >= 0.6 is 24.0 Å². The number of anilines is 2. The van der Waals surface area contributed by atoms with Gasteiger partial charge in [0.25, 0.3) is 0 Å². The van der Waals surface area contributed by atoms with Crippen molar-refractivity contribution in [2.24, 2.45) is 5.92 Å². The molecule has 0 amide bonds. The second-order valence-electron chi connectivity index (χ2n) is 9.04. The van der Waals surface area contributed by atoms with E-state index in [1.807, 2.05) is 11.8 Å². The first-order chi connectivity index (χ1) is 15.1. The van der Waals surface area contributed by atoms with E-state index in [-0.39, 0.29) is 0 Å². The zero-order valence-corrected chi connectivity index (χ0v) is 20.7. The number of thiocarbonyl (C=S) groups is 1. The lowest BCUT2D eigenvalue weighted by Gasteiger charge is -2.39. The maximum Gasteiger partial charge on any atom is 0.106 e. The molecular formula is C26H35N3S2. The van der Waals surface area contributed by atoms with Crippen LogP contribution < -0.4 is 10.2 Å². The van der Waals surface area contributed by atoms with E-state index in [1.54, 1.807) is 0 Å². The van der Waals surface area contributed by atoms with Gasteiger partial charge in [0.1, 0.15) is 4.99 Å². The lowest BCUT2D eigenvalue weighted by Crippen LogP contribution is -2.40. The average Bonchev–Trinajstić information content (AvgIpc) is 3.29. The zero-order chi connectivity index (χ0) is 21.8. The number of rotatable bonds is 8. The number of para-hydroxylation sites is 1. The second-order valence-corrected chi connectivity index (χ2v) is 10.5. The van der Waals surface area contributed by atoms with Crippen molar-refractivity contribution in [2.75, 3.05) is 31.1 Å². The van der Waals surface area contributed by atoms with Gasteiger partial charge in [-0.05, 0) is 69.5 Å². The number of nitrogens with one attached hydrogen (secondary N) is 1. The van der Waals surface area contributed by atoms with Crippen molar-refractivity contribution < 1.29 is 0 Å². The van der Waals surface area contributed by atoms with Crippen LogP contribution in [0.2, 0.25) is 0 Å². The summed E-state index contributed by atoms with van der Waals surface area (Å²) in [5.74, 6) is 0.730. The molecule has 0 aliphatic carbocycles. The summed E-state index contributed by atoms with van der Waals surface area (Å²) >= 11 is 7.64. The van der Waals surface area contributed by atoms with Crippen LogP contribution in [-0.2, 0) is 0 Å². The number of fused-ring (bicyclic) bond motifs is 2. The summed E-state index contributed by atoms with van der Waals surface area (Å²) < 4.78 is 0. The Hall–Kier alpha value is -1.56. The molecule has 0 unspecified atom stereocenters. The Balaban J connectivity index is 1.58. The molecule has 2 heterocycles. The van der Waals surface area contributed by atoms with E-state index in [4.69, 9.17) is 12.2 Å². The van der Waals surface area contributed by atoms with E-state index in [0.29, 0.717) is 6.04 Å². The molecule has 2 aromatic rings. The molecule has 2 aromatic carbocycles. The van der Waals surface area contributed by atoms with E-state index >= 15 is 0 Å². The molecule has 1 N–H and O–H groups in total. The molecule has 0 saturated carbocycles. The van der Waals surface area contributed by atoms with Gasteiger partial charge in [0, 0.05) is 34.5 Å². The molecule has 0 radical (unpaired) electrons. The molecule has 0 aromatic heterocycles. The first kappa shape index (κ1) is 22.6. The molecular weight excluding hydrogens is 418 g/mol. The molecule has 2 aliphatic rings. The van der Waals surface area contributed by atoms with E-state index in [0.717, 1.165) is 36.0 Å². The summed E-state index contributed by atoms with van der Waals surface area (Å²) in [6.45, 7) is 11.4. The molecule has 166 valence electrons. The second kappa shape index (κ2) is 10.4. The highest BCUT2D eigenvalue weighted by Crippen LogP contribution is 2.49. The monoisotopic (exact) mass is 453 g/mol. The van der Waals surface area contributed by atoms with Crippen LogP contribution in [0.5, 0.6) is 0 Å². The predicted octanol–water partition coefficient (Wildman–Crippen LogP) is 6.47. The molecule has 5 heteroatoms. The Morgan fingerprint density at radius 1 is 1.06 bits per heavy atom. The summed E-state index contributed by atoms with van der Waals surface area (Å²) in [5, 5.41) is 3.49. The topological polar surface area (TPSA) is 18.5 Å². The van der Waals surface area contributed by atoms with Gasteiger partial charge in [-0.2, -0.15) is 0 Å². The first-order valence-corrected chi connectivity index (χ1v) is 13.0. The van der Waals surface area contributed by atoms with Crippen molar-refractivity contribution in [3.63, 3.8) is 0 Å². The van der Waals surface area contributed by atoms with Gasteiger partial charge in [0.2, 0.25) is 0 Å². The van der Waals surface area contributed by atoms with Crippen molar-refractivity contribution in [3.8, 4) is 0 Å². The molecule has 0 bridgehead atoms. The van der Waals surface area contributed by atoms with Gasteiger partial charge in [-0.25, -0.2) is 0 Å². The third-order valence-electron chi connectivity index (χ3n) is 6.61. The van der Waals surface area contributed by atoms with Crippen LogP contribution in [0.4, 0.5) is 11.4 Å². The first-order valence-electron chi connectivity index (χ1n) is 11.8. The summed E-state index contributed by atoms with van der Waals surface area (Å²) in [5.41, 5.74) is 3.73. The number of hydrogen-bond donors (Lipinski definition) is 1. The summed E-state index contributed by atoms with van der Waals surface area (Å²) in [4.78, 5) is 8.68. The Kier molecular flexibility index (Phi) is 7.57. The minimum Gasteiger partial charge on any atom is -0.376 e. The van der Waals surface area contributed by atoms with Gasteiger partial charge in [-0.15, -0.1) is 0 Å². The fraction of sp³-hybridized carbons (Fsp3) is 0.500. The Bertz CT molecular complexity index is 907. The van der Waals surface area contributed by atoms with Gasteiger partial charge in [-0.3, -0.25) is 0 Å². The Morgan fingerprint density at radius 3 is 2.58 bits per heavy atom. The predicted molar refractivity (Wildman–Crippen MR) is 138 cm³/mol. The molecule has 31 heavy (non-hydrogen) atoms. The summed E-state index contributed by atoms with van der Waals surface area (Å²) in [7, 11) is 0. The number of nitrogens with zero attached hydrogens (tertiary/aromatic N) is 2. The third-order valence-corrected chi connectivity index (χ3v) is 8.12. The van der Waals surface area contributed by atoms with Crippen molar-refractivity contribution in [3.05, 3.63) is 48.0 Å². The van der Waals surface area contributed by atoms with Gasteiger partial charge in [-0.1, -0.05) is 62.4 Å². The van der Waals surface area contributed by atoms with Crippen molar-refractivity contribution in [1.29, 1.82) is 0 Å². The van der Waals surface area contributed by atoms with Crippen molar-refractivity contribution in [1.82, 2.24) is 10.2 Å². The molecule has 2 aliphatic heterocycles. The number of likely N-dealkylation sites (tertiary alicyclic amines) is 1. The van der Waals surface area contributed by atoms with E-state index in [9.17, 15) is 0 Å². The highest BCUT2D eigenvalue weighted by molar-refractivity contribution is 7.99. The van der Waals surface area contributed by atoms with Crippen molar-refractivity contribution in [2.45, 2.75) is 62.3 Å². The smallest absolute Gasteiger partial charge is 0.106 e. The Labute approximate surface area is 197 Å². The highest BCUT2D eigenvalue weighted by Gasteiger charge is 2.29. The molecule has 3 nitrogen and oxygen atoms in total. The highest BCUT2D eigenvalue weighted by atomic mass is 32.2. The molecule has 4 rings (SSSR count). The number of hydrogen-bond acceptors (Lipinski definition) is 4. The maximum atomic E-state index is 5.77. The van der Waals surface area contributed by atoms with E-state index in [1.165, 1.54) is 53.5 Å². The zero-order valence-electron chi connectivity index (χ0n) is 19.1. The van der Waals surface area contributed by atoms with Crippen LogP contribution in [0.25, 0.3) is 0 Å². The maximum absolute atomic E-state index is 5.77. The van der Waals surface area contributed by atoms with Crippen LogP contribution in [0, 0.1) is 5.92 Å². The SMILES string of the molecule is CC[C@@H](C)CCNC(=S)c1ccc2c(c1)N([C@H](C)CN1CCCC1)c1ccccc1S2. The standard InChI is InChI=1S/C26H35N3S2/c1-4-19(2)13-14-27-26(30)21-11-12-25-23(17-21)29(20(3)18-28-15-7-8-16-28)22-9-5-6-10-24(22)31-25/h5-6,9-12,17,19-20H,4,7-8,13-16,18H2,1-3H3,(H,27,30)/t19-,20-/m1/s1. The van der Waals surface area contributed by atoms with Gasteiger partial charge >= 0.3 is 0 Å². The molecule has 2 atom stereocenters. The van der Waals surface area contributed by atoms with Gasteiger partial charge < -0.3 is 15.1 Å². The van der Waals surface area contributed by atoms with E-state index < -0.39 is 0 Å². The Morgan fingerprint density at radius 2 is 1.81 bits per heavy atom. The fourth-order valence-electron chi connectivity index (χ4n) is 4.56. The van der Waals surface area contributed by atoms with E-state index in [2.05, 4.69) is 78.4 Å². The van der Waals surface area contributed by atoms with Crippen molar-refractivity contribution >= 4 is 40.3 Å². The van der Waals surface area contributed by atoms with Gasteiger partial charge in [0.15, 0.2) is 0 Å². The normalized spacial score (nSPS) is 17.7. The molecule has 1 saturated heterocycles. The van der Waals surface area contributed by atoms with Crippen LogP contribution in [0.3, 0.4) is 0 Å². The quantitative estimate of drug-likeness (QED) is 0.460. The lowest BCUT2D eigenvalue weighted by atomic mass is 10.1. The largest absolute Gasteiger partial charge is 0.376 e. The average molecular weight is 454 g/mol. The lowest BCUT2D eigenvalue weighted by molar-refractivity contribution is 0.319. The number of benzene rings is 2.